The molecule has 0 unspecified atom stereocenters. The van der Waals surface area contributed by atoms with Gasteiger partial charge < -0.3 is 83.2 Å². The summed E-state index contributed by atoms with van der Waals surface area (Å²) < 4.78 is 0. The van der Waals surface area contributed by atoms with Crippen molar-refractivity contribution < 1.29 is 38.4 Å². The summed E-state index contributed by atoms with van der Waals surface area (Å²) in [5, 5.41) is 24.2. The summed E-state index contributed by atoms with van der Waals surface area (Å²) in [6, 6.07) is 3.35. The standard InChI is InChI=1S/C58H67N21O8/c59-12-6-5-11-43-51(80)75-47(16-35-23-61-28-68-35)56(85)78-49(18-37-25-63-30-70-37)58(87)79-50(19-38-26-64-31-71-38)57(86)77-48(17-36-24-62-29-69-36)55(84)74-44(13-32-20-65-41-9-3-1-7-39(32)41)52(81)73-45(14-33-21-66-42-10-4-2-8-40(33)42)53(82)76-46(54(83)72-43)15-34-22-60-27-67-34/h1-4,7-10,20-31,43-50,65-66H,5-6,11-19,59H2,(H,60,67)(H,61,68)(H,62,69)(H,63,70)(H,64,71)(H,72,83)(H,73,81)(H,74,84)(H,75,80)(H,76,82)(H,77,86)(H,78,85)(H,79,87)/t43-,44+,45-,46+,47+,48-,49-,50+/m1/s1. The lowest BCUT2D eigenvalue weighted by molar-refractivity contribution is -0.136. The first-order chi connectivity index (χ1) is 42.3. The van der Waals surface area contributed by atoms with E-state index in [1.54, 1.807) is 12.4 Å². The molecule has 7 aromatic heterocycles. The van der Waals surface area contributed by atoms with E-state index >= 15 is 14.4 Å². The number of carbonyl (C=O) groups excluding carboxylic acids is 8. The smallest absolute Gasteiger partial charge is 0.243 e. The molecule has 8 heterocycles. The molecule has 10 rings (SSSR count). The number of aromatic amines is 7. The van der Waals surface area contributed by atoms with Crippen LogP contribution in [-0.2, 0) is 83.3 Å². The van der Waals surface area contributed by atoms with Crippen molar-refractivity contribution in [3.63, 3.8) is 0 Å². The Kier molecular flexibility index (Phi) is 19.3. The molecular weight excluding hydrogens is 1120 g/mol. The molecule has 0 radical (unpaired) electrons. The Hall–Kier alpha value is -10.7. The van der Waals surface area contributed by atoms with E-state index in [0.29, 0.717) is 52.4 Å². The van der Waals surface area contributed by atoms with Crippen molar-refractivity contribution in [2.45, 2.75) is 113 Å². The minimum absolute atomic E-state index is 0.0358. The zero-order valence-electron chi connectivity index (χ0n) is 47.0. The van der Waals surface area contributed by atoms with E-state index in [2.05, 4.69) is 102 Å². The van der Waals surface area contributed by atoms with Crippen molar-refractivity contribution in [1.29, 1.82) is 0 Å². The van der Waals surface area contributed by atoms with Crippen molar-refractivity contribution in [2.75, 3.05) is 6.54 Å². The van der Waals surface area contributed by atoms with Crippen LogP contribution in [0.25, 0.3) is 21.8 Å². The average molecular weight is 1190 g/mol. The Morgan fingerprint density at radius 2 is 0.586 bits per heavy atom. The predicted octanol–water partition coefficient (Wildman–Crippen LogP) is -0.716. The van der Waals surface area contributed by atoms with E-state index in [1.165, 1.54) is 62.6 Å². The molecule has 1 aliphatic heterocycles. The number of aromatic nitrogens is 12. The Balaban J connectivity index is 1.06. The number of rotatable bonds is 18. The SMILES string of the molecule is NCCCC[C@H]1NC(=O)[C@H](Cc2cnc[nH]2)NC(=O)[C@@H](Cc2c[nH]c3ccccc23)NC(=O)[C@H](Cc2c[nH]c3ccccc23)NC(=O)[C@@H](Cc2cnc[nH]2)NC(=O)[C@H](Cc2cnc[nH]2)NC(=O)[C@@H](Cc2cnc[nH]2)NC(=O)[C@H](Cc2cnc[nH]2)NC1=O. The van der Waals surface area contributed by atoms with Gasteiger partial charge in [0.2, 0.25) is 47.3 Å². The summed E-state index contributed by atoms with van der Waals surface area (Å²) in [5.74, 6) is -6.55. The summed E-state index contributed by atoms with van der Waals surface area (Å²) in [6.45, 7) is 0.261. The second-order valence-corrected chi connectivity index (χ2v) is 21.3. The van der Waals surface area contributed by atoms with Gasteiger partial charge in [0.1, 0.15) is 48.3 Å². The Morgan fingerprint density at radius 1 is 0.322 bits per heavy atom. The molecule has 1 fully saturated rings. The third-order valence-electron chi connectivity index (χ3n) is 15.1. The second kappa shape index (κ2) is 28.2. The van der Waals surface area contributed by atoms with Gasteiger partial charge in [-0.05, 0) is 49.1 Å². The lowest BCUT2D eigenvalue weighted by Crippen LogP contribution is -2.62. The van der Waals surface area contributed by atoms with Crippen molar-refractivity contribution in [3.8, 4) is 0 Å². The van der Waals surface area contributed by atoms with Crippen molar-refractivity contribution in [1.82, 2.24) is 102 Å². The molecule has 0 spiro atoms. The summed E-state index contributed by atoms with van der Waals surface area (Å²) in [4.78, 5) is 162. The molecule has 1 aliphatic rings. The highest BCUT2D eigenvalue weighted by atomic mass is 16.2. The van der Waals surface area contributed by atoms with Gasteiger partial charge in [-0.25, -0.2) is 24.9 Å². The number of nitrogens with two attached hydrogens (primary N) is 1. The fourth-order valence-corrected chi connectivity index (χ4v) is 10.5. The molecule has 0 saturated carbocycles. The Morgan fingerprint density at radius 3 is 0.862 bits per heavy atom. The molecule has 8 amide bonds. The highest BCUT2D eigenvalue weighted by Crippen LogP contribution is 2.22. The molecule has 9 aromatic rings. The Labute approximate surface area is 496 Å². The molecule has 87 heavy (non-hydrogen) atoms. The normalized spacial score (nSPS) is 21.7. The largest absolute Gasteiger partial charge is 0.361 e. The van der Waals surface area contributed by atoms with Crippen LogP contribution in [0.5, 0.6) is 0 Å². The number of hydrogen-bond donors (Lipinski definition) is 16. The van der Waals surface area contributed by atoms with Crippen molar-refractivity contribution in [3.05, 3.63) is 163 Å². The van der Waals surface area contributed by atoms with Crippen molar-refractivity contribution >= 4 is 69.1 Å². The number of nitrogens with zero attached hydrogens (tertiary/aromatic N) is 5. The average Bonchev–Trinajstić information content (AvgIpc) is 3.75. The van der Waals surface area contributed by atoms with Crippen LogP contribution in [-0.4, -0.2) is 162 Å². The second-order valence-electron chi connectivity index (χ2n) is 21.3. The van der Waals surface area contributed by atoms with Crippen LogP contribution in [0.1, 0.15) is 58.9 Å². The molecule has 8 atom stereocenters. The number of benzene rings is 2. The molecule has 0 aliphatic carbocycles. The predicted molar refractivity (Wildman–Crippen MR) is 314 cm³/mol. The Bertz CT molecular complexity index is 3750. The highest BCUT2D eigenvalue weighted by Gasteiger charge is 2.37. The summed E-state index contributed by atoms with van der Waals surface area (Å²) >= 11 is 0. The first-order valence-electron chi connectivity index (χ1n) is 28.4. The maximum absolute atomic E-state index is 15.4. The third kappa shape index (κ3) is 15.5. The van der Waals surface area contributed by atoms with E-state index in [-0.39, 0.29) is 57.9 Å². The first-order valence-corrected chi connectivity index (χ1v) is 28.4. The topological polar surface area (TPSA) is 434 Å². The molecular formula is C58H67N21O8. The minimum atomic E-state index is -1.46. The van der Waals surface area contributed by atoms with Crippen LogP contribution in [0.4, 0.5) is 0 Å². The number of imidazole rings is 5. The van der Waals surface area contributed by atoms with Gasteiger partial charge in [0.05, 0.1) is 31.6 Å². The summed E-state index contributed by atoms with van der Waals surface area (Å²) in [6.07, 6.45) is 17.4. The zero-order valence-corrected chi connectivity index (χ0v) is 47.0. The summed E-state index contributed by atoms with van der Waals surface area (Å²) in [7, 11) is 0. The van der Waals surface area contributed by atoms with E-state index in [0.717, 1.165) is 21.8 Å². The van der Waals surface area contributed by atoms with Crippen LogP contribution in [0.3, 0.4) is 0 Å². The third-order valence-corrected chi connectivity index (χ3v) is 15.1. The van der Waals surface area contributed by atoms with Gasteiger partial charge >= 0.3 is 0 Å². The van der Waals surface area contributed by atoms with Gasteiger partial charge in [-0.3, -0.25) is 38.4 Å². The van der Waals surface area contributed by atoms with Gasteiger partial charge in [0.15, 0.2) is 0 Å². The van der Waals surface area contributed by atoms with Crippen LogP contribution >= 0.6 is 0 Å². The number of amides is 8. The zero-order chi connectivity index (χ0) is 60.7. The number of fused-ring (bicyclic) bond motifs is 2. The van der Waals surface area contributed by atoms with Crippen LogP contribution < -0.4 is 48.3 Å². The molecule has 17 N–H and O–H groups in total. The maximum atomic E-state index is 15.4. The molecule has 1 saturated heterocycles. The number of para-hydroxylation sites is 2. The van der Waals surface area contributed by atoms with Crippen molar-refractivity contribution in [2.24, 2.45) is 5.73 Å². The first kappa shape index (κ1) is 59.4. The quantitative estimate of drug-likeness (QED) is 0.0472. The number of nitrogens with one attached hydrogen (secondary N) is 15. The lowest BCUT2D eigenvalue weighted by atomic mass is 10.00. The van der Waals surface area contributed by atoms with Crippen LogP contribution in [0.15, 0.2) is 124 Å². The summed E-state index contributed by atoms with van der Waals surface area (Å²) in [5.41, 5.74) is 10.8. The molecule has 452 valence electrons. The molecule has 29 heteroatoms. The van der Waals surface area contributed by atoms with E-state index in [9.17, 15) is 24.0 Å². The monoisotopic (exact) mass is 1190 g/mol. The van der Waals surface area contributed by atoms with Gasteiger partial charge in [0, 0.05) is 139 Å². The van der Waals surface area contributed by atoms with Crippen LogP contribution in [0, 0.1) is 0 Å². The number of hydrogen-bond acceptors (Lipinski definition) is 14. The maximum Gasteiger partial charge on any atom is 0.243 e. The fraction of sp³-hybridized carbons (Fsp3) is 0.328. The number of unbranched alkanes of at least 4 members (excludes halogenated alkanes) is 1. The lowest BCUT2D eigenvalue weighted by Gasteiger charge is -2.29. The molecule has 0 bridgehead atoms. The number of H-pyrrole nitrogens is 7. The minimum Gasteiger partial charge on any atom is -0.361 e. The van der Waals surface area contributed by atoms with E-state index < -0.39 is 95.6 Å². The fourth-order valence-electron chi connectivity index (χ4n) is 10.5. The van der Waals surface area contributed by atoms with Gasteiger partial charge in [0.25, 0.3) is 0 Å². The molecule has 29 nitrogen and oxygen atoms in total. The van der Waals surface area contributed by atoms with Gasteiger partial charge in [-0.15, -0.1) is 0 Å². The van der Waals surface area contributed by atoms with Gasteiger partial charge in [-0.2, -0.15) is 0 Å². The van der Waals surface area contributed by atoms with Gasteiger partial charge in [-0.1, -0.05) is 36.4 Å². The molecule has 2 aromatic carbocycles. The van der Waals surface area contributed by atoms with E-state index in [4.69, 9.17) is 5.73 Å². The van der Waals surface area contributed by atoms with Crippen LogP contribution in [0.2, 0.25) is 0 Å². The highest BCUT2D eigenvalue weighted by molar-refractivity contribution is 6.00. The van der Waals surface area contributed by atoms with E-state index in [1.807, 2.05) is 48.5 Å². The number of carbonyl (C=O) groups is 8.